The monoisotopic (exact) mass is 362 g/mol. The van der Waals surface area contributed by atoms with Crippen LogP contribution in [0.2, 0.25) is 0 Å². The molecule has 4 rings (SSSR count). The van der Waals surface area contributed by atoms with Crippen LogP contribution in [0.1, 0.15) is 36.1 Å². The third-order valence-corrected chi connectivity index (χ3v) is 5.41. The number of benzene rings is 2. The molecular formula is C20H18N4OS. The number of carbonyl (C=O) groups is 1. The van der Waals surface area contributed by atoms with Crippen LogP contribution in [0.25, 0.3) is 21.7 Å². The van der Waals surface area contributed by atoms with Gasteiger partial charge in [0.05, 0.1) is 11.1 Å². The van der Waals surface area contributed by atoms with Gasteiger partial charge in [0.2, 0.25) is 5.13 Å². The molecule has 26 heavy (non-hydrogen) atoms. The van der Waals surface area contributed by atoms with Crippen LogP contribution in [0, 0.1) is 0 Å². The Bertz CT molecular complexity index is 1130. The van der Waals surface area contributed by atoms with Gasteiger partial charge in [0, 0.05) is 17.0 Å². The molecule has 0 atom stereocenters. The first kappa shape index (κ1) is 16.6. The molecule has 0 spiro atoms. The number of rotatable bonds is 2. The molecule has 1 amide bonds. The summed E-state index contributed by atoms with van der Waals surface area (Å²) in [5.74, 6) is -0.226. The van der Waals surface area contributed by atoms with Crippen molar-refractivity contribution in [2.75, 3.05) is 5.32 Å². The van der Waals surface area contributed by atoms with E-state index in [9.17, 15) is 4.79 Å². The van der Waals surface area contributed by atoms with E-state index in [0.29, 0.717) is 16.2 Å². The second-order valence-corrected chi connectivity index (χ2v) is 8.14. The number of pyridine rings is 1. The average Bonchev–Trinajstić information content (AvgIpc) is 3.10. The normalized spacial score (nSPS) is 11.8. The van der Waals surface area contributed by atoms with Crippen LogP contribution in [-0.2, 0) is 5.41 Å². The molecule has 0 radical (unpaired) electrons. The molecule has 0 aliphatic heterocycles. The molecule has 0 bridgehead atoms. The molecule has 4 aromatic rings. The number of hydrogen-bond acceptors (Lipinski definition) is 5. The predicted molar refractivity (Wildman–Crippen MR) is 106 cm³/mol. The predicted octanol–water partition coefficient (Wildman–Crippen LogP) is 4.79. The lowest BCUT2D eigenvalue weighted by Crippen LogP contribution is -2.13. The van der Waals surface area contributed by atoms with E-state index in [1.807, 2.05) is 42.5 Å². The molecule has 2 aromatic heterocycles. The molecule has 0 aliphatic rings. The van der Waals surface area contributed by atoms with E-state index in [-0.39, 0.29) is 11.3 Å². The number of nitrogens with one attached hydrogen (secondary N) is 1. The summed E-state index contributed by atoms with van der Waals surface area (Å²) in [6, 6.07) is 13.8. The lowest BCUT2D eigenvalue weighted by atomic mass is 9.98. The third kappa shape index (κ3) is 2.93. The second kappa shape index (κ2) is 6.14. The highest BCUT2D eigenvalue weighted by Gasteiger charge is 2.21. The van der Waals surface area contributed by atoms with E-state index in [0.717, 1.165) is 21.2 Å². The quantitative estimate of drug-likeness (QED) is 0.521. The van der Waals surface area contributed by atoms with Crippen LogP contribution >= 0.6 is 11.3 Å². The van der Waals surface area contributed by atoms with Gasteiger partial charge in [-0.05, 0) is 22.9 Å². The van der Waals surface area contributed by atoms with Gasteiger partial charge in [-0.2, -0.15) is 0 Å². The summed E-state index contributed by atoms with van der Waals surface area (Å²) in [4.78, 5) is 17.4. The fraction of sp³-hybridized carbons (Fsp3) is 0.200. The maximum absolute atomic E-state index is 12.9. The Morgan fingerprint density at radius 2 is 1.81 bits per heavy atom. The Morgan fingerprint density at radius 3 is 2.58 bits per heavy atom. The van der Waals surface area contributed by atoms with Crippen LogP contribution in [0.3, 0.4) is 0 Å². The van der Waals surface area contributed by atoms with Gasteiger partial charge >= 0.3 is 0 Å². The van der Waals surface area contributed by atoms with Gasteiger partial charge in [0.1, 0.15) is 5.01 Å². The molecule has 2 aromatic carbocycles. The van der Waals surface area contributed by atoms with Crippen LogP contribution < -0.4 is 5.32 Å². The standard InChI is InChI=1S/C20H18N4OS/c1-20(2,3)18-23-24-19(26-18)22-17(25)15-11-12-7-4-5-8-13(12)14-9-6-10-21-16(14)15/h4-11H,1-3H3,(H,22,24,25). The van der Waals surface area contributed by atoms with Crippen molar-refractivity contribution < 1.29 is 4.79 Å². The van der Waals surface area contributed by atoms with Crippen molar-refractivity contribution >= 4 is 44.1 Å². The minimum Gasteiger partial charge on any atom is -0.296 e. The molecule has 1 N–H and O–H groups in total. The second-order valence-electron chi connectivity index (χ2n) is 7.16. The fourth-order valence-corrected chi connectivity index (χ4v) is 3.64. The van der Waals surface area contributed by atoms with E-state index in [2.05, 4.69) is 41.3 Å². The Balaban J connectivity index is 1.78. The maximum Gasteiger partial charge on any atom is 0.259 e. The zero-order valence-electron chi connectivity index (χ0n) is 14.8. The van der Waals surface area contributed by atoms with Crippen LogP contribution in [0.15, 0.2) is 48.7 Å². The Kier molecular flexibility index (Phi) is 3.92. The average molecular weight is 362 g/mol. The molecule has 0 fully saturated rings. The molecular weight excluding hydrogens is 344 g/mol. The molecule has 130 valence electrons. The molecule has 0 unspecified atom stereocenters. The topological polar surface area (TPSA) is 67.8 Å². The maximum atomic E-state index is 12.9. The number of fused-ring (bicyclic) bond motifs is 3. The minimum absolute atomic E-state index is 0.0994. The van der Waals surface area contributed by atoms with E-state index >= 15 is 0 Å². The first-order valence-corrected chi connectivity index (χ1v) is 9.17. The highest BCUT2D eigenvalue weighted by molar-refractivity contribution is 7.15. The van der Waals surface area contributed by atoms with E-state index in [1.54, 1.807) is 6.20 Å². The van der Waals surface area contributed by atoms with Crippen molar-refractivity contribution in [2.24, 2.45) is 0 Å². The Labute approximate surface area is 155 Å². The van der Waals surface area contributed by atoms with Crippen molar-refractivity contribution in [3.63, 3.8) is 0 Å². The minimum atomic E-state index is -0.226. The van der Waals surface area contributed by atoms with E-state index < -0.39 is 0 Å². The third-order valence-electron chi connectivity index (χ3n) is 4.15. The molecule has 5 nitrogen and oxygen atoms in total. The van der Waals surface area contributed by atoms with Crippen LogP contribution in [-0.4, -0.2) is 21.1 Å². The van der Waals surface area contributed by atoms with Gasteiger partial charge in [-0.1, -0.05) is 62.4 Å². The summed E-state index contributed by atoms with van der Waals surface area (Å²) in [5, 5.41) is 15.6. The summed E-state index contributed by atoms with van der Waals surface area (Å²) in [6.07, 6.45) is 1.70. The van der Waals surface area contributed by atoms with Crippen molar-refractivity contribution in [2.45, 2.75) is 26.2 Å². The van der Waals surface area contributed by atoms with Gasteiger partial charge < -0.3 is 0 Å². The van der Waals surface area contributed by atoms with E-state index in [1.165, 1.54) is 11.3 Å². The summed E-state index contributed by atoms with van der Waals surface area (Å²) in [7, 11) is 0. The summed E-state index contributed by atoms with van der Waals surface area (Å²) >= 11 is 1.40. The van der Waals surface area contributed by atoms with Crippen LogP contribution in [0.4, 0.5) is 5.13 Å². The van der Waals surface area contributed by atoms with Gasteiger partial charge in [-0.25, -0.2) is 0 Å². The molecule has 0 aliphatic carbocycles. The number of hydrogen-bond donors (Lipinski definition) is 1. The van der Waals surface area contributed by atoms with Gasteiger partial charge in [-0.3, -0.25) is 15.1 Å². The first-order chi connectivity index (χ1) is 12.4. The molecule has 0 saturated carbocycles. The number of aromatic nitrogens is 3. The van der Waals surface area contributed by atoms with Gasteiger partial charge in [-0.15, -0.1) is 10.2 Å². The number of nitrogens with zero attached hydrogens (tertiary/aromatic N) is 3. The van der Waals surface area contributed by atoms with E-state index in [4.69, 9.17) is 0 Å². The number of anilines is 1. The Morgan fingerprint density at radius 1 is 1.04 bits per heavy atom. The summed E-state index contributed by atoms with van der Waals surface area (Å²) in [5.41, 5.74) is 1.12. The van der Waals surface area contributed by atoms with Crippen molar-refractivity contribution in [3.8, 4) is 0 Å². The largest absolute Gasteiger partial charge is 0.296 e. The van der Waals surface area contributed by atoms with Gasteiger partial charge in [0.25, 0.3) is 5.91 Å². The fourth-order valence-electron chi connectivity index (χ4n) is 2.84. The number of amides is 1. The van der Waals surface area contributed by atoms with Crippen molar-refractivity contribution in [1.29, 1.82) is 0 Å². The zero-order valence-corrected chi connectivity index (χ0v) is 15.6. The smallest absolute Gasteiger partial charge is 0.259 e. The van der Waals surface area contributed by atoms with Crippen LogP contribution in [0.5, 0.6) is 0 Å². The molecule has 6 heteroatoms. The van der Waals surface area contributed by atoms with Crippen molar-refractivity contribution in [1.82, 2.24) is 15.2 Å². The zero-order chi connectivity index (χ0) is 18.3. The lowest BCUT2D eigenvalue weighted by Gasteiger charge is -2.12. The van der Waals surface area contributed by atoms with Gasteiger partial charge in [0.15, 0.2) is 0 Å². The highest BCUT2D eigenvalue weighted by atomic mass is 32.1. The molecule has 0 saturated heterocycles. The molecule has 2 heterocycles. The number of carbonyl (C=O) groups excluding carboxylic acids is 1. The summed E-state index contributed by atoms with van der Waals surface area (Å²) < 4.78 is 0. The lowest BCUT2D eigenvalue weighted by molar-refractivity contribution is 0.102. The van der Waals surface area contributed by atoms with Crippen molar-refractivity contribution in [3.05, 3.63) is 59.2 Å². The SMILES string of the molecule is CC(C)(C)c1nnc(NC(=O)c2cc3ccccc3c3cccnc23)s1. The first-order valence-electron chi connectivity index (χ1n) is 8.35. The Hall–Kier alpha value is -2.86. The summed E-state index contributed by atoms with van der Waals surface area (Å²) in [6.45, 7) is 6.21. The highest BCUT2D eigenvalue weighted by Crippen LogP contribution is 2.30.